The highest BCUT2D eigenvalue weighted by Crippen LogP contribution is 2.24. The molecule has 0 saturated heterocycles. The molecule has 108 valence electrons. The van der Waals surface area contributed by atoms with Crippen LogP contribution in [0.25, 0.3) is 11.0 Å². The van der Waals surface area contributed by atoms with Crippen molar-refractivity contribution in [2.24, 2.45) is 0 Å². The summed E-state index contributed by atoms with van der Waals surface area (Å²) in [7, 11) is 4.03. The summed E-state index contributed by atoms with van der Waals surface area (Å²) in [5.74, 6) is 0. The van der Waals surface area contributed by atoms with E-state index in [4.69, 9.17) is 0 Å². The third-order valence-corrected chi connectivity index (χ3v) is 4.42. The molecular weight excluding hydrogens is 284 g/mol. The van der Waals surface area contributed by atoms with E-state index in [9.17, 15) is 4.79 Å². The van der Waals surface area contributed by atoms with Gasteiger partial charge in [0, 0.05) is 17.6 Å². The molecule has 6 heteroatoms. The summed E-state index contributed by atoms with van der Waals surface area (Å²) in [5, 5.41) is 2.05. The van der Waals surface area contributed by atoms with Gasteiger partial charge in [-0.3, -0.25) is 9.36 Å². The number of pyridine rings is 1. The van der Waals surface area contributed by atoms with Gasteiger partial charge in [0.15, 0.2) is 5.52 Å². The van der Waals surface area contributed by atoms with Gasteiger partial charge in [-0.15, -0.1) is 11.3 Å². The van der Waals surface area contributed by atoms with E-state index in [1.165, 1.54) is 4.88 Å². The Hall–Kier alpha value is -2.05. The minimum absolute atomic E-state index is 0.0935. The maximum absolute atomic E-state index is 12.5. The van der Waals surface area contributed by atoms with Gasteiger partial charge in [-0.05, 0) is 37.7 Å². The number of rotatable bonds is 4. The van der Waals surface area contributed by atoms with Crippen LogP contribution < -0.4 is 5.56 Å². The van der Waals surface area contributed by atoms with Gasteiger partial charge >= 0.3 is 0 Å². The zero-order valence-electron chi connectivity index (χ0n) is 11.9. The molecule has 0 spiro atoms. The molecule has 3 aromatic rings. The quantitative estimate of drug-likeness (QED) is 0.741. The Labute approximate surface area is 126 Å². The molecule has 1 atom stereocenters. The van der Waals surface area contributed by atoms with E-state index in [0.29, 0.717) is 17.6 Å². The third kappa shape index (κ3) is 2.72. The first kappa shape index (κ1) is 13.9. The Balaban J connectivity index is 2.01. The first-order valence-corrected chi connectivity index (χ1v) is 7.55. The van der Waals surface area contributed by atoms with E-state index in [-0.39, 0.29) is 11.6 Å². The molecule has 3 aromatic heterocycles. The summed E-state index contributed by atoms with van der Waals surface area (Å²) in [4.78, 5) is 24.3. The summed E-state index contributed by atoms with van der Waals surface area (Å²) in [6.45, 7) is 0.561. The van der Waals surface area contributed by atoms with Crippen molar-refractivity contribution in [3.05, 3.63) is 57.4 Å². The summed E-state index contributed by atoms with van der Waals surface area (Å²) < 4.78 is 1.64. The lowest BCUT2D eigenvalue weighted by Crippen LogP contribution is -2.30. The first-order valence-electron chi connectivity index (χ1n) is 6.67. The highest BCUT2D eigenvalue weighted by atomic mass is 32.1. The lowest BCUT2D eigenvalue weighted by Gasteiger charge is -2.23. The number of aromatic nitrogens is 3. The molecule has 0 aliphatic carbocycles. The largest absolute Gasteiger partial charge is 0.300 e. The minimum atomic E-state index is -0.0935. The number of nitrogens with zero attached hydrogens (tertiary/aromatic N) is 4. The monoisotopic (exact) mass is 300 g/mol. The van der Waals surface area contributed by atoms with E-state index in [1.807, 2.05) is 20.2 Å². The third-order valence-electron chi connectivity index (χ3n) is 3.45. The average Bonchev–Trinajstić information content (AvgIpc) is 3.00. The van der Waals surface area contributed by atoms with Crippen LogP contribution in [0.2, 0.25) is 0 Å². The Morgan fingerprint density at radius 2 is 2.14 bits per heavy atom. The van der Waals surface area contributed by atoms with Crippen molar-refractivity contribution < 1.29 is 0 Å². The van der Waals surface area contributed by atoms with E-state index in [1.54, 1.807) is 40.6 Å². The first-order chi connectivity index (χ1) is 10.2. The Morgan fingerprint density at radius 1 is 1.29 bits per heavy atom. The van der Waals surface area contributed by atoms with Gasteiger partial charge in [-0.1, -0.05) is 6.07 Å². The molecule has 3 rings (SSSR count). The number of hydrogen-bond acceptors (Lipinski definition) is 5. The van der Waals surface area contributed by atoms with E-state index >= 15 is 0 Å². The van der Waals surface area contributed by atoms with Gasteiger partial charge in [0.1, 0.15) is 0 Å². The zero-order valence-corrected chi connectivity index (χ0v) is 12.7. The summed E-state index contributed by atoms with van der Waals surface area (Å²) in [5.41, 5.74) is 0.962. The van der Waals surface area contributed by atoms with Crippen molar-refractivity contribution in [2.75, 3.05) is 14.1 Å². The van der Waals surface area contributed by atoms with Gasteiger partial charge in [-0.2, -0.15) is 0 Å². The maximum Gasteiger partial charge on any atom is 0.279 e. The van der Waals surface area contributed by atoms with Crippen LogP contribution in [0, 0.1) is 0 Å². The lowest BCUT2D eigenvalue weighted by atomic mass is 10.2. The molecule has 0 unspecified atom stereocenters. The second kappa shape index (κ2) is 5.75. The Kier molecular flexibility index (Phi) is 3.81. The van der Waals surface area contributed by atoms with Crippen LogP contribution in [0.1, 0.15) is 10.9 Å². The number of hydrogen-bond donors (Lipinski definition) is 0. The molecule has 0 fully saturated rings. The molecule has 21 heavy (non-hydrogen) atoms. The molecule has 0 bridgehead atoms. The Bertz CT molecular complexity index is 795. The number of thiophene rings is 1. The topological polar surface area (TPSA) is 51.0 Å². The van der Waals surface area contributed by atoms with E-state index < -0.39 is 0 Å². The zero-order chi connectivity index (χ0) is 14.8. The standard InChI is InChI=1S/C15H16N4OS/c1-18(2)12(13-6-4-8-21-13)9-19-10-17-11-5-3-7-16-14(11)15(19)20/h3-8,10,12H,9H2,1-2H3/t12-/m1/s1. The fourth-order valence-corrected chi connectivity index (χ4v) is 3.20. The molecular formula is C15H16N4OS. The molecule has 0 saturated carbocycles. The van der Waals surface area contributed by atoms with Crippen molar-refractivity contribution in [3.63, 3.8) is 0 Å². The van der Waals surface area contributed by atoms with E-state index in [2.05, 4.69) is 26.3 Å². The van der Waals surface area contributed by atoms with Crippen LogP contribution in [-0.2, 0) is 6.54 Å². The molecule has 0 N–H and O–H groups in total. The molecule has 0 amide bonds. The molecule has 0 aromatic carbocycles. The fraction of sp³-hybridized carbons (Fsp3) is 0.267. The molecule has 0 radical (unpaired) electrons. The highest BCUT2D eigenvalue weighted by molar-refractivity contribution is 7.10. The maximum atomic E-state index is 12.5. The molecule has 0 aliphatic rings. The van der Waals surface area contributed by atoms with Crippen LogP contribution in [0.4, 0.5) is 0 Å². The highest BCUT2D eigenvalue weighted by Gasteiger charge is 2.17. The second-order valence-corrected chi connectivity index (χ2v) is 6.05. The molecule has 3 heterocycles. The average molecular weight is 300 g/mol. The Morgan fingerprint density at radius 3 is 2.86 bits per heavy atom. The van der Waals surface area contributed by atoms with E-state index in [0.717, 1.165) is 0 Å². The van der Waals surface area contributed by atoms with Crippen LogP contribution >= 0.6 is 11.3 Å². The van der Waals surface area contributed by atoms with Gasteiger partial charge in [0.05, 0.1) is 17.9 Å². The minimum Gasteiger partial charge on any atom is -0.300 e. The normalized spacial score (nSPS) is 12.9. The summed E-state index contributed by atoms with van der Waals surface area (Å²) in [6, 6.07) is 7.85. The lowest BCUT2D eigenvalue weighted by molar-refractivity contribution is 0.270. The SMILES string of the molecule is CN(C)[C@H](Cn1cnc2cccnc2c1=O)c1cccs1. The van der Waals surface area contributed by atoms with Crippen LogP contribution in [0.3, 0.4) is 0 Å². The van der Waals surface area contributed by atoms with Crippen molar-refractivity contribution in [1.29, 1.82) is 0 Å². The predicted octanol–water partition coefficient (Wildman–Crippen LogP) is 2.16. The second-order valence-electron chi connectivity index (χ2n) is 5.07. The smallest absolute Gasteiger partial charge is 0.279 e. The predicted molar refractivity (Wildman–Crippen MR) is 84.5 cm³/mol. The van der Waals surface area contributed by atoms with Crippen LogP contribution in [-0.4, -0.2) is 33.5 Å². The molecule has 0 aliphatic heterocycles. The van der Waals surface area contributed by atoms with Crippen LogP contribution in [0.15, 0.2) is 47.0 Å². The van der Waals surface area contributed by atoms with Gasteiger partial charge in [-0.25, -0.2) is 9.97 Å². The van der Waals surface area contributed by atoms with Gasteiger partial charge in [0.2, 0.25) is 0 Å². The van der Waals surface area contributed by atoms with Crippen molar-refractivity contribution in [1.82, 2.24) is 19.4 Å². The summed E-state index contributed by atoms with van der Waals surface area (Å²) >= 11 is 1.70. The van der Waals surface area contributed by atoms with Gasteiger partial charge in [0.25, 0.3) is 5.56 Å². The van der Waals surface area contributed by atoms with Gasteiger partial charge < -0.3 is 4.90 Å². The van der Waals surface area contributed by atoms with Crippen molar-refractivity contribution in [2.45, 2.75) is 12.6 Å². The van der Waals surface area contributed by atoms with Crippen molar-refractivity contribution >= 4 is 22.4 Å². The summed E-state index contributed by atoms with van der Waals surface area (Å²) in [6.07, 6.45) is 3.23. The fourth-order valence-electron chi connectivity index (χ4n) is 2.29. The molecule has 5 nitrogen and oxygen atoms in total. The number of likely N-dealkylation sites (N-methyl/N-ethyl adjacent to an activating group) is 1. The number of fused-ring (bicyclic) bond motifs is 1. The van der Waals surface area contributed by atoms with Crippen LogP contribution in [0.5, 0.6) is 0 Å². The van der Waals surface area contributed by atoms with Crippen molar-refractivity contribution in [3.8, 4) is 0 Å².